The van der Waals surface area contributed by atoms with Crippen LogP contribution in [0.5, 0.6) is 11.5 Å². The van der Waals surface area contributed by atoms with Gasteiger partial charge in [0.2, 0.25) is 0 Å². The Morgan fingerprint density at radius 3 is 2.68 bits per heavy atom. The van der Waals surface area contributed by atoms with Crippen LogP contribution in [0.1, 0.15) is 18.2 Å². The molecule has 0 fully saturated rings. The number of benzene rings is 2. The van der Waals surface area contributed by atoms with Crippen LogP contribution in [0, 0.1) is 0 Å². The third-order valence-corrected chi connectivity index (χ3v) is 4.11. The van der Waals surface area contributed by atoms with Crippen molar-refractivity contribution in [2.45, 2.75) is 6.92 Å². The molecule has 0 radical (unpaired) electrons. The van der Waals surface area contributed by atoms with Crippen LogP contribution in [0.15, 0.2) is 81.4 Å². The van der Waals surface area contributed by atoms with E-state index in [2.05, 4.69) is 36.4 Å². The molecule has 2 N–H and O–H groups in total. The molecule has 0 amide bonds. The van der Waals surface area contributed by atoms with Gasteiger partial charge in [-0.2, -0.15) is 5.10 Å². The molecule has 142 valence electrons. The molecule has 1 heterocycles. The van der Waals surface area contributed by atoms with Crippen LogP contribution in [0.25, 0.3) is 0 Å². The number of para-hydroxylation sites is 1. The summed E-state index contributed by atoms with van der Waals surface area (Å²) in [5.74, 6) is 0.902. The molecule has 0 saturated heterocycles. The summed E-state index contributed by atoms with van der Waals surface area (Å²) in [5.41, 5.74) is 4.85. The molecule has 1 aromatic heterocycles. The molecular formula is C21H19BrN4O2. The quantitative estimate of drug-likeness (QED) is 0.333. The van der Waals surface area contributed by atoms with Crippen LogP contribution in [0.2, 0.25) is 0 Å². The van der Waals surface area contributed by atoms with Gasteiger partial charge in [0.15, 0.2) is 17.3 Å². The molecule has 0 aliphatic heterocycles. The number of hydrogen-bond donors (Lipinski definition) is 2. The van der Waals surface area contributed by atoms with E-state index in [0.29, 0.717) is 29.4 Å². The number of rotatable bonds is 6. The first kappa shape index (κ1) is 19.6. The monoisotopic (exact) mass is 438 g/mol. The van der Waals surface area contributed by atoms with E-state index in [0.717, 1.165) is 10.2 Å². The summed E-state index contributed by atoms with van der Waals surface area (Å²) >= 11 is 3.41. The Kier molecular flexibility index (Phi) is 6.75. The van der Waals surface area contributed by atoms with E-state index in [4.69, 9.17) is 4.74 Å². The molecule has 7 heteroatoms. The van der Waals surface area contributed by atoms with Crippen molar-refractivity contribution in [1.82, 2.24) is 10.4 Å². The van der Waals surface area contributed by atoms with Crippen LogP contribution >= 0.6 is 15.9 Å². The number of hydrogen-bond acceptors (Lipinski definition) is 5. The molecule has 0 aliphatic carbocycles. The number of halogens is 1. The standard InChI is InChI=1S/C21H19BrN4O2/c1-2-28-19-13-16(22)12-15(20(19)27)14-24-26-21(18-10-6-7-11-23-18)25-17-8-4-3-5-9-17/h3-14,27H,2H2,1H3,(H,25,26)/b24-14-. The van der Waals surface area contributed by atoms with Gasteiger partial charge in [-0.1, -0.05) is 40.2 Å². The fourth-order valence-electron chi connectivity index (χ4n) is 2.40. The second-order valence-corrected chi connectivity index (χ2v) is 6.57. The molecule has 0 saturated carbocycles. The van der Waals surface area contributed by atoms with Crippen molar-refractivity contribution in [3.63, 3.8) is 0 Å². The summed E-state index contributed by atoms with van der Waals surface area (Å²) in [6.45, 7) is 2.31. The highest BCUT2D eigenvalue weighted by atomic mass is 79.9. The van der Waals surface area contributed by atoms with Gasteiger partial charge in [-0.25, -0.2) is 4.99 Å². The van der Waals surface area contributed by atoms with Crippen molar-refractivity contribution >= 4 is 33.7 Å². The van der Waals surface area contributed by atoms with Gasteiger partial charge < -0.3 is 9.84 Å². The SMILES string of the molecule is CCOc1cc(Br)cc(/C=N\NC(=Nc2ccccc2)c2ccccn2)c1O. The fraction of sp³-hybridized carbons (Fsp3) is 0.0952. The van der Waals surface area contributed by atoms with Gasteiger partial charge in [-0.05, 0) is 43.3 Å². The number of aromatic nitrogens is 1. The predicted octanol–water partition coefficient (Wildman–Crippen LogP) is 4.65. The summed E-state index contributed by atoms with van der Waals surface area (Å²) in [5, 5.41) is 14.6. The predicted molar refractivity (Wildman–Crippen MR) is 115 cm³/mol. The van der Waals surface area contributed by atoms with Crippen molar-refractivity contribution in [3.05, 3.63) is 82.6 Å². The van der Waals surface area contributed by atoms with Gasteiger partial charge in [0.25, 0.3) is 0 Å². The molecule has 0 bridgehead atoms. The van der Waals surface area contributed by atoms with E-state index in [1.165, 1.54) is 6.21 Å². The minimum absolute atomic E-state index is 0.0231. The molecule has 0 aliphatic rings. The largest absolute Gasteiger partial charge is 0.504 e. The number of phenols is 1. The van der Waals surface area contributed by atoms with Crippen molar-refractivity contribution in [2.24, 2.45) is 10.1 Å². The molecule has 0 spiro atoms. The van der Waals surface area contributed by atoms with Gasteiger partial charge in [-0.15, -0.1) is 0 Å². The maximum atomic E-state index is 10.4. The van der Waals surface area contributed by atoms with Crippen molar-refractivity contribution in [3.8, 4) is 11.5 Å². The number of aromatic hydroxyl groups is 1. The first-order valence-electron chi connectivity index (χ1n) is 8.67. The smallest absolute Gasteiger partial charge is 0.172 e. The molecule has 3 rings (SSSR count). The zero-order valence-corrected chi connectivity index (χ0v) is 16.8. The number of ether oxygens (including phenoxy) is 1. The molecule has 28 heavy (non-hydrogen) atoms. The van der Waals surface area contributed by atoms with Gasteiger partial charge >= 0.3 is 0 Å². The molecule has 6 nitrogen and oxygen atoms in total. The summed E-state index contributed by atoms with van der Waals surface area (Å²) in [6.07, 6.45) is 3.20. The van der Waals surface area contributed by atoms with Gasteiger partial charge in [-0.3, -0.25) is 10.4 Å². The Morgan fingerprint density at radius 2 is 1.96 bits per heavy atom. The number of nitrogens with one attached hydrogen (secondary N) is 1. The van der Waals surface area contributed by atoms with E-state index in [1.54, 1.807) is 18.3 Å². The second kappa shape index (κ2) is 9.66. The Bertz CT molecular complexity index is 976. The number of amidine groups is 1. The van der Waals surface area contributed by atoms with Crippen LogP contribution in [-0.2, 0) is 0 Å². The normalized spacial score (nSPS) is 11.6. The van der Waals surface area contributed by atoms with E-state index < -0.39 is 0 Å². The Hall–Kier alpha value is -3.19. The Labute approximate surface area is 171 Å². The summed E-state index contributed by atoms with van der Waals surface area (Å²) in [6, 6.07) is 18.5. The zero-order valence-electron chi connectivity index (χ0n) is 15.2. The number of nitrogens with zero attached hydrogens (tertiary/aromatic N) is 3. The van der Waals surface area contributed by atoms with Crippen molar-refractivity contribution in [2.75, 3.05) is 6.61 Å². The third kappa shape index (κ3) is 5.17. The minimum atomic E-state index is 0.0231. The zero-order chi connectivity index (χ0) is 19.8. The van der Waals surface area contributed by atoms with Crippen molar-refractivity contribution in [1.29, 1.82) is 0 Å². The fourth-order valence-corrected chi connectivity index (χ4v) is 2.85. The summed E-state index contributed by atoms with van der Waals surface area (Å²) in [4.78, 5) is 8.91. The third-order valence-electron chi connectivity index (χ3n) is 3.65. The van der Waals surface area contributed by atoms with Gasteiger partial charge in [0.05, 0.1) is 18.5 Å². The Balaban J connectivity index is 1.88. The van der Waals surface area contributed by atoms with E-state index in [1.807, 2.05) is 55.5 Å². The minimum Gasteiger partial charge on any atom is -0.504 e. The van der Waals surface area contributed by atoms with Crippen LogP contribution < -0.4 is 10.2 Å². The highest BCUT2D eigenvalue weighted by Gasteiger charge is 2.09. The van der Waals surface area contributed by atoms with E-state index >= 15 is 0 Å². The van der Waals surface area contributed by atoms with Crippen LogP contribution in [0.4, 0.5) is 5.69 Å². The Morgan fingerprint density at radius 1 is 1.18 bits per heavy atom. The first-order valence-corrected chi connectivity index (χ1v) is 9.46. The highest BCUT2D eigenvalue weighted by Crippen LogP contribution is 2.32. The topological polar surface area (TPSA) is 79.1 Å². The average Bonchev–Trinajstić information content (AvgIpc) is 2.72. The molecule has 0 atom stereocenters. The molecule has 0 unspecified atom stereocenters. The summed E-state index contributed by atoms with van der Waals surface area (Å²) in [7, 11) is 0. The number of hydrazone groups is 1. The number of aliphatic imine (C=N–C) groups is 1. The first-order chi connectivity index (χ1) is 13.7. The molecule has 3 aromatic rings. The highest BCUT2D eigenvalue weighted by molar-refractivity contribution is 9.10. The number of phenolic OH excluding ortho intramolecular Hbond substituents is 1. The average molecular weight is 439 g/mol. The van der Waals surface area contributed by atoms with Gasteiger partial charge in [0.1, 0.15) is 5.69 Å². The lowest BCUT2D eigenvalue weighted by molar-refractivity contribution is 0.317. The number of pyridine rings is 1. The van der Waals surface area contributed by atoms with Crippen LogP contribution in [-0.4, -0.2) is 28.7 Å². The van der Waals surface area contributed by atoms with Crippen molar-refractivity contribution < 1.29 is 9.84 Å². The van der Waals surface area contributed by atoms with Gasteiger partial charge in [0, 0.05) is 16.2 Å². The molecule has 2 aromatic carbocycles. The second-order valence-electron chi connectivity index (χ2n) is 5.66. The maximum Gasteiger partial charge on any atom is 0.172 e. The van der Waals surface area contributed by atoms with Crippen LogP contribution in [0.3, 0.4) is 0 Å². The molecular weight excluding hydrogens is 420 g/mol. The lowest BCUT2D eigenvalue weighted by Gasteiger charge is -2.09. The maximum absolute atomic E-state index is 10.4. The van der Waals surface area contributed by atoms with E-state index in [9.17, 15) is 5.11 Å². The summed E-state index contributed by atoms with van der Waals surface area (Å²) < 4.78 is 6.21. The van der Waals surface area contributed by atoms with E-state index in [-0.39, 0.29) is 5.75 Å². The lowest BCUT2D eigenvalue weighted by Crippen LogP contribution is -2.20. The lowest BCUT2D eigenvalue weighted by atomic mass is 10.2.